The highest BCUT2D eigenvalue weighted by atomic mass is 19.4. The minimum atomic E-state index is -4.71. The van der Waals surface area contributed by atoms with Crippen molar-refractivity contribution < 1.29 is 22.3 Å². The fraction of sp³-hybridized carbons (Fsp3) is 0.200. The average Bonchev–Trinajstić information content (AvgIpc) is 2.58. The van der Waals surface area contributed by atoms with E-state index in [4.69, 9.17) is 0 Å². The van der Waals surface area contributed by atoms with Gasteiger partial charge in [-0.05, 0) is 48.9 Å². The van der Waals surface area contributed by atoms with Crippen LogP contribution in [0.3, 0.4) is 0 Å². The van der Waals surface area contributed by atoms with Crippen LogP contribution in [-0.4, -0.2) is 6.36 Å². The molecule has 0 saturated carbocycles. The summed E-state index contributed by atoms with van der Waals surface area (Å²) >= 11 is 0. The van der Waals surface area contributed by atoms with Crippen LogP contribution < -0.4 is 4.74 Å². The highest BCUT2D eigenvalue weighted by molar-refractivity contribution is 5.60. The Labute approximate surface area is 143 Å². The molecule has 0 aliphatic carbocycles. The topological polar surface area (TPSA) is 9.23 Å². The second-order valence-corrected chi connectivity index (χ2v) is 5.24. The van der Waals surface area contributed by atoms with Crippen LogP contribution in [0.25, 0.3) is 5.83 Å². The summed E-state index contributed by atoms with van der Waals surface area (Å²) in [5.74, 6) is 5.16. The number of unbranched alkanes of at least 4 members (excludes halogenated alkanes) is 1. The van der Waals surface area contributed by atoms with E-state index in [0.717, 1.165) is 6.42 Å². The smallest absolute Gasteiger partial charge is 0.406 e. The van der Waals surface area contributed by atoms with Gasteiger partial charge in [0.1, 0.15) is 11.6 Å². The third-order valence-corrected chi connectivity index (χ3v) is 3.21. The minimum absolute atomic E-state index is 0.262. The first kappa shape index (κ1) is 18.6. The Kier molecular flexibility index (Phi) is 6.24. The van der Waals surface area contributed by atoms with E-state index in [-0.39, 0.29) is 11.6 Å². The number of ether oxygens (including phenoxy) is 1. The van der Waals surface area contributed by atoms with E-state index in [0.29, 0.717) is 23.1 Å². The molecule has 2 aromatic rings. The van der Waals surface area contributed by atoms with Gasteiger partial charge >= 0.3 is 6.36 Å². The van der Waals surface area contributed by atoms with Crippen LogP contribution in [0.5, 0.6) is 5.75 Å². The molecule has 2 rings (SSSR count). The summed E-state index contributed by atoms with van der Waals surface area (Å²) in [7, 11) is 0. The maximum Gasteiger partial charge on any atom is 0.573 e. The van der Waals surface area contributed by atoms with Gasteiger partial charge in [-0.3, -0.25) is 0 Å². The molecule has 5 heteroatoms. The van der Waals surface area contributed by atoms with E-state index >= 15 is 0 Å². The number of alkyl halides is 3. The summed E-state index contributed by atoms with van der Waals surface area (Å²) in [6.45, 7) is 1.98. The molecule has 25 heavy (non-hydrogen) atoms. The van der Waals surface area contributed by atoms with Crippen molar-refractivity contribution in [3.05, 3.63) is 71.3 Å². The molecule has 0 radical (unpaired) electrons. The van der Waals surface area contributed by atoms with Gasteiger partial charge in [0.25, 0.3) is 0 Å². The van der Waals surface area contributed by atoms with Crippen molar-refractivity contribution in [2.45, 2.75) is 26.1 Å². The zero-order valence-corrected chi connectivity index (χ0v) is 13.5. The maximum atomic E-state index is 13.8. The molecule has 1 nitrogen and oxygen atoms in total. The largest absolute Gasteiger partial charge is 0.573 e. The van der Waals surface area contributed by atoms with Crippen LogP contribution in [-0.2, 0) is 0 Å². The average molecular weight is 348 g/mol. The Morgan fingerprint density at radius 3 is 1.96 bits per heavy atom. The molecule has 0 heterocycles. The van der Waals surface area contributed by atoms with Crippen molar-refractivity contribution in [1.82, 2.24) is 0 Å². The van der Waals surface area contributed by atoms with Crippen molar-refractivity contribution in [2.24, 2.45) is 0 Å². The Bertz CT molecular complexity index is 776. The quantitative estimate of drug-likeness (QED) is 0.479. The van der Waals surface area contributed by atoms with Gasteiger partial charge in [-0.25, -0.2) is 4.39 Å². The van der Waals surface area contributed by atoms with Gasteiger partial charge in [-0.15, -0.1) is 13.2 Å². The zero-order chi connectivity index (χ0) is 18.3. The van der Waals surface area contributed by atoms with E-state index in [1.807, 2.05) is 6.92 Å². The molecule has 0 fully saturated rings. The molecule has 0 unspecified atom stereocenters. The Morgan fingerprint density at radius 2 is 1.48 bits per heavy atom. The lowest BCUT2D eigenvalue weighted by Crippen LogP contribution is -2.16. The molecule has 0 aliphatic rings. The molecular formula is C20H16F4O. The van der Waals surface area contributed by atoms with Crippen molar-refractivity contribution >= 4 is 5.83 Å². The van der Waals surface area contributed by atoms with Crippen LogP contribution in [0, 0.1) is 11.8 Å². The molecule has 0 N–H and O–H groups in total. The highest BCUT2D eigenvalue weighted by Gasteiger charge is 2.30. The van der Waals surface area contributed by atoms with Crippen molar-refractivity contribution in [2.75, 3.05) is 0 Å². The molecule has 0 atom stereocenters. The normalized spacial score (nSPS) is 11.6. The van der Waals surface area contributed by atoms with Crippen molar-refractivity contribution in [1.29, 1.82) is 0 Å². The Morgan fingerprint density at radius 1 is 0.960 bits per heavy atom. The van der Waals surface area contributed by atoms with Crippen LogP contribution in [0.1, 0.15) is 36.5 Å². The van der Waals surface area contributed by atoms with Gasteiger partial charge in [0, 0.05) is 16.7 Å². The number of hydrogen-bond acceptors (Lipinski definition) is 1. The fourth-order valence-electron chi connectivity index (χ4n) is 1.99. The number of benzene rings is 2. The number of hydrogen-bond donors (Lipinski definition) is 0. The highest BCUT2D eigenvalue weighted by Crippen LogP contribution is 2.22. The standard InChI is InChI=1S/C20H16F4O/c1-2-3-4-19(21)17-11-7-15(8-12-17)5-6-16-9-13-18(14-10-16)25-20(22,23)24/h4,7-14H,2-3H2,1H3/b19-4+. The predicted octanol–water partition coefficient (Wildman–Crippen LogP) is 6.10. The first-order valence-electron chi connectivity index (χ1n) is 7.71. The lowest BCUT2D eigenvalue weighted by atomic mass is 10.1. The summed E-state index contributed by atoms with van der Waals surface area (Å²) in [6, 6.07) is 12.0. The molecule has 0 bridgehead atoms. The van der Waals surface area contributed by atoms with Crippen molar-refractivity contribution in [3.63, 3.8) is 0 Å². The number of rotatable bonds is 4. The van der Waals surface area contributed by atoms with Gasteiger partial charge in [-0.2, -0.15) is 0 Å². The zero-order valence-electron chi connectivity index (χ0n) is 13.5. The SMILES string of the molecule is CCC/C=C(/F)c1ccc(C#Cc2ccc(OC(F)(F)F)cc2)cc1. The van der Waals surface area contributed by atoms with E-state index in [9.17, 15) is 17.6 Å². The monoisotopic (exact) mass is 348 g/mol. The lowest BCUT2D eigenvalue weighted by molar-refractivity contribution is -0.274. The van der Waals surface area contributed by atoms with Crippen LogP contribution in [0.4, 0.5) is 17.6 Å². The molecule has 2 aromatic carbocycles. The van der Waals surface area contributed by atoms with Gasteiger partial charge < -0.3 is 4.74 Å². The molecule has 0 aliphatic heterocycles. The third kappa shape index (κ3) is 6.34. The van der Waals surface area contributed by atoms with E-state index in [2.05, 4.69) is 16.6 Å². The van der Waals surface area contributed by atoms with Gasteiger partial charge in [0.2, 0.25) is 0 Å². The number of halogens is 4. The minimum Gasteiger partial charge on any atom is -0.406 e. The number of allylic oxidation sites excluding steroid dienone is 1. The van der Waals surface area contributed by atoms with Crippen LogP contribution in [0.2, 0.25) is 0 Å². The van der Waals surface area contributed by atoms with Crippen LogP contribution in [0.15, 0.2) is 54.6 Å². The summed E-state index contributed by atoms with van der Waals surface area (Å²) < 4.78 is 53.9. The lowest BCUT2D eigenvalue weighted by Gasteiger charge is -2.07. The van der Waals surface area contributed by atoms with Gasteiger partial charge in [0.05, 0.1) is 0 Å². The fourth-order valence-corrected chi connectivity index (χ4v) is 1.99. The molecule has 0 aromatic heterocycles. The summed E-state index contributed by atoms with van der Waals surface area (Å²) in [5.41, 5.74) is 1.72. The maximum absolute atomic E-state index is 13.8. The second kappa shape index (κ2) is 8.39. The van der Waals surface area contributed by atoms with E-state index in [1.54, 1.807) is 30.3 Å². The molecule has 0 saturated heterocycles. The third-order valence-electron chi connectivity index (χ3n) is 3.21. The first-order chi connectivity index (χ1) is 11.9. The summed E-state index contributed by atoms with van der Waals surface area (Å²) in [5, 5.41) is 0. The second-order valence-electron chi connectivity index (χ2n) is 5.24. The summed E-state index contributed by atoms with van der Waals surface area (Å²) in [6.07, 6.45) is -1.60. The predicted molar refractivity (Wildman–Crippen MR) is 89.5 cm³/mol. The molecule has 0 amide bonds. The van der Waals surface area contributed by atoms with E-state index < -0.39 is 6.36 Å². The first-order valence-corrected chi connectivity index (χ1v) is 7.71. The Balaban J connectivity index is 2.06. The molecular weight excluding hydrogens is 332 g/mol. The van der Waals surface area contributed by atoms with E-state index in [1.165, 1.54) is 24.3 Å². The van der Waals surface area contributed by atoms with Gasteiger partial charge in [-0.1, -0.05) is 37.3 Å². The molecule has 0 spiro atoms. The van der Waals surface area contributed by atoms with Crippen molar-refractivity contribution in [3.8, 4) is 17.6 Å². The van der Waals surface area contributed by atoms with Crippen LogP contribution >= 0.6 is 0 Å². The van der Waals surface area contributed by atoms with Gasteiger partial charge in [0.15, 0.2) is 0 Å². The Hall–Kier alpha value is -2.74. The molecule has 130 valence electrons. The summed E-state index contributed by atoms with van der Waals surface area (Å²) in [4.78, 5) is 0.